The lowest BCUT2D eigenvalue weighted by Crippen LogP contribution is -2.39. The number of methoxy groups -OCH3 is 2. The Morgan fingerprint density at radius 1 is 0.941 bits per heavy atom. The summed E-state index contributed by atoms with van der Waals surface area (Å²) in [6, 6.07) is 20.7. The van der Waals surface area contributed by atoms with E-state index in [1.165, 1.54) is 13.3 Å². The highest BCUT2D eigenvalue weighted by atomic mass is 32.2. The third-order valence-electron chi connectivity index (χ3n) is 4.62. The van der Waals surface area contributed by atoms with Crippen molar-refractivity contribution < 1.29 is 27.4 Å². The van der Waals surface area contributed by atoms with Crippen LogP contribution in [0.5, 0.6) is 23.0 Å². The van der Waals surface area contributed by atoms with E-state index >= 15 is 0 Å². The van der Waals surface area contributed by atoms with Crippen molar-refractivity contribution in [3.63, 3.8) is 0 Å². The van der Waals surface area contributed by atoms with Crippen molar-refractivity contribution in [1.29, 1.82) is 0 Å². The molecule has 3 aromatic rings. The Bertz CT molecular complexity index is 1250. The molecule has 0 heterocycles. The molecule has 0 aliphatic rings. The minimum absolute atomic E-state index is 0.318. The summed E-state index contributed by atoms with van der Waals surface area (Å²) in [6.07, 6.45) is 2.43. The predicted octanol–water partition coefficient (Wildman–Crippen LogP) is 3.41. The first-order chi connectivity index (χ1) is 16.3. The summed E-state index contributed by atoms with van der Waals surface area (Å²) in [5.41, 5.74) is 3.27. The number of hydrogen-bond donors (Lipinski definition) is 1. The van der Waals surface area contributed by atoms with Crippen LogP contribution in [-0.2, 0) is 14.8 Å². The number of ether oxygens (including phenoxy) is 3. The molecule has 0 saturated heterocycles. The third-order valence-corrected chi connectivity index (χ3v) is 5.77. The van der Waals surface area contributed by atoms with Crippen LogP contribution in [-0.4, -0.2) is 47.6 Å². The lowest BCUT2D eigenvalue weighted by molar-refractivity contribution is -0.119. The summed E-state index contributed by atoms with van der Waals surface area (Å²) in [7, 11) is -0.688. The second-order valence-electron chi connectivity index (χ2n) is 7.08. The molecule has 0 spiro atoms. The van der Waals surface area contributed by atoms with Crippen LogP contribution in [0.1, 0.15) is 5.56 Å². The summed E-state index contributed by atoms with van der Waals surface area (Å²) in [5.74, 6) is 1.69. The number of hydrazone groups is 1. The molecule has 0 aliphatic heterocycles. The van der Waals surface area contributed by atoms with Crippen LogP contribution in [0.25, 0.3) is 0 Å². The lowest BCUT2D eigenvalue weighted by atomic mass is 10.2. The van der Waals surface area contributed by atoms with Gasteiger partial charge in [0.05, 0.1) is 32.4 Å². The van der Waals surface area contributed by atoms with Crippen molar-refractivity contribution >= 4 is 27.8 Å². The molecule has 1 amide bonds. The van der Waals surface area contributed by atoms with E-state index in [-0.39, 0.29) is 0 Å². The zero-order valence-corrected chi connectivity index (χ0v) is 19.8. The van der Waals surface area contributed by atoms with Gasteiger partial charge in [0.2, 0.25) is 10.0 Å². The van der Waals surface area contributed by atoms with Crippen molar-refractivity contribution in [1.82, 2.24) is 5.43 Å². The van der Waals surface area contributed by atoms with Crippen molar-refractivity contribution in [3.8, 4) is 23.0 Å². The summed E-state index contributed by atoms with van der Waals surface area (Å²) >= 11 is 0. The summed E-state index contributed by atoms with van der Waals surface area (Å²) in [6.45, 7) is -0.450. The minimum Gasteiger partial charge on any atom is -0.497 e. The molecule has 1 N–H and O–H groups in total. The molecule has 34 heavy (non-hydrogen) atoms. The topological polar surface area (TPSA) is 107 Å². The molecule has 3 aromatic carbocycles. The number of carbonyl (C=O) groups is 1. The van der Waals surface area contributed by atoms with Crippen LogP contribution >= 0.6 is 0 Å². The third kappa shape index (κ3) is 6.72. The van der Waals surface area contributed by atoms with Crippen molar-refractivity contribution in [3.05, 3.63) is 78.4 Å². The first-order valence-electron chi connectivity index (χ1n) is 10.1. The SMILES string of the molecule is COc1ccc(/C=N/NC(=O)CN(c2ccc(Oc3ccccc3)cc2)S(C)(=O)=O)c(OC)c1. The first-order valence-corrected chi connectivity index (χ1v) is 12.0. The van der Waals surface area contributed by atoms with E-state index in [9.17, 15) is 13.2 Å². The standard InChI is InChI=1S/C24H25N3O6S/c1-31-22-12-9-18(23(15-22)32-2)16-25-26-24(28)17-27(34(3,29)30)19-10-13-21(14-11-19)33-20-7-5-4-6-8-20/h4-16H,17H2,1-3H3,(H,26,28)/b25-16+. The molecular formula is C24H25N3O6S. The molecule has 0 aromatic heterocycles. The van der Waals surface area contributed by atoms with E-state index in [0.717, 1.165) is 10.6 Å². The van der Waals surface area contributed by atoms with Gasteiger partial charge in [0, 0.05) is 11.6 Å². The molecule has 178 valence electrons. The average molecular weight is 484 g/mol. The van der Waals surface area contributed by atoms with Gasteiger partial charge in [0.1, 0.15) is 29.5 Å². The van der Waals surface area contributed by atoms with Gasteiger partial charge in [0.15, 0.2) is 0 Å². The minimum atomic E-state index is -3.73. The smallest absolute Gasteiger partial charge is 0.260 e. The van der Waals surface area contributed by atoms with E-state index in [4.69, 9.17) is 14.2 Å². The molecule has 0 unspecified atom stereocenters. The fourth-order valence-corrected chi connectivity index (χ4v) is 3.83. The highest BCUT2D eigenvalue weighted by Gasteiger charge is 2.21. The Morgan fingerprint density at radius 3 is 2.21 bits per heavy atom. The van der Waals surface area contributed by atoms with Gasteiger partial charge in [-0.05, 0) is 48.5 Å². The number of carbonyl (C=O) groups excluding carboxylic acids is 1. The number of rotatable bonds is 10. The lowest BCUT2D eigenvalue weighted by Gasteiger charge is -2.21. The predicted molar refractivity (Wildman–Crippen MR) is 130 cm³/mol. The molecule has 3 rings (SSSR count). The van der Waals surface area contributed by atoms with Gasteiger partial charge in [0.25, 0.3) is 5.91 Å². The van der Waals surface area contributed by atoms with E-state index in [2.05, 4.69) is 10.5 Å². The van der Waals surface area contributed by atoms with Gasteiger partial charge in [-0.25, -0.2) is 13.8 Å². The second kappa shape index (κ2) is 11.2. The van der Waals surface area contributed by atoms with Crippen LogP contribution in [0, 0.1) is 0 Å². The Balaban J connectivity index is 1.67. The first kappa shape index (κ1) is 24.6. The molecule has 0 radical (unpaired) electrons. The normalized spacial score (nSPS) is 11.1. The molecule has 0 fully saturated rings. The number of anilines is 1. The van der Waals surface area contributed by atoms with Gasteiger partial charge < -0.3 is 14.2 Å². The fraction of sp³-hybridized carbons (Fsp3) is 0.167. The number of nitrogens with zero attached hydrogens (tertiary/aromatic N) is 2. The van der Waals surface area contributed by atoms with Gasteiger partial charge >= 0.3 is 0 Å². The Morgan fingerprint density at radius 2 is 1.59 bits per heavy atom. The van der Waals surface area contributed by atoms with E-state index in [1.54, 1.807) is 49.6 Å². The van der Waals surface area contributed by atoms with Gasteiger partial charge in [-0.2, -0.15) is 5.10 Å². The number of sulfonamides is 1. The molecule has 9 nitrogen and oxygen atoms in total. The van der Waals surface area contributed by atoms with Crippen molar-refractivity contribution in [2.45, 2.75) is 0 Å². The zero-order chi connectivity index (χ0) is 24.6. The van der Waals surface area contributed by atoms with Crippen LogP contribution in [0.4, 0.5) is 5.69 Å². The summed E-state index contributed by atoms with van der Waals surface area (Å²) < 4.78 is 41.8. The number of hydrogen-bond acceptors (Lipinski definition) is 7. The number of nitrogens with one attached hydrogen (secondary N) is 1. The van der Waals surface area contributed by atoms with Crippen LogP contribution < -0.4 is 23.9 Å². The average Bonchev–Trinajstić information content (AvgIpc) is 2.83. The van der Waals surface area contributed by atoms with Crippen LogP contribution in [0.15, 0.2) is 77.9 Å². The molecule has 0 saturated carbocycles. The van der Waals surface area contributed by atoms with Gasteiger partial charge in [-0.3, -0.25) is 9.10 Å². The molecule has 10 heteroatoms. The van der Waals surface area contributed by atoms with Crippen molar-refractivity contribution in [2.24, 2.45) is 5.10 Å². The van der Waals surface area contributed by atoms with E-state index in [0.29, 0.717) is 34.2 Å². The zero-order valence-electron chi connectivity index (χ0n) is 19.0. The van der Waals surface area contributed by atoms with Gasteiger partial charge in [-0.15, -0.1) is 0 Å². The number of para-hydroxylation sites is 1. The maximum absolute atomic E-state index is 12.4. The molecule has 0 bridgehead atoms. The maximum Gasteiger partial charge on any atom is 0.260 e. The maximum atomic E-state index is 12.4. The summed E-state index contributed by atoms with van der Waals surface area (Å²) in [4.78, 5) is 12.4. The second-order valence-corrected chi connectivity index (χ2v) is 8.99. The fourth-order valence-electron chi connectivity index (χ4n) is 2.97. The quantitative estimate of drug-likeness (QED) is 0.350. The van der Waals surface area contributed by atoms with Crippen molar-refractivity contribution in [2.75, 3.05) is 31.3 Å². The summed E-state index contributed by atoms with van der Waals surface area (Å²) in [5, 5.41) is 3.91. The Hall–Kier alpha value is -4.05. The highest BCUT2D eigenvalue weighted by Crippen LogP contribution is 2.25. The number of amides is 1. The monoisotopic (exact) mass is 483 g/mol. The van der Waals surface area contributed by atoms with Gasteiger partial charge in [-0.1, -0.05) is 18.2 Å². The Kier molecular flexibility index (Phi) is 8.10. The largest absolute Gasteiger partial charge is 0.497 e. The van der Waals surface area contributed by atoms with Crippen LogP contribution in [0.3, 0.4) is 0 Å². The van der Waals surface area contributed by atoms with E-state index < -0.39 is 22.5 Å². The Labute approximate surface area is 198 Å². The van der Waals surface area contributed by atoms with E-state index in [1.807, 2.05) is 30.3 Å². The highest BCUT2D eigenvalue weighted by molar-refractivity contribution is 7.92. The molecular weight excluding hydrogens is 458 g/mol. The molecule has 0 aliphatic carbocycles. The van der Waals surface area contributed by atoms with Crippen LogP contribution in [0.2, 0.25) is 0 Å². The molecule has 0 atom stereocenters. The number of benzene rings is 3.